The van der Waals surface area contributed by atoms with E-state index >= 15 is 0 Å². The Bertz CT molecular complexity index is 880. The fourth-order valence-electron chi connectivity index (χ4n) is 2.29. The first kappa shape index (κ1) is 18.4. The highest BCUT2D eigenvalue weighted by Crippen LogP contribution is 2.22. The summed E-state index contributed by atoms with van der Waals surface area (Å²) in [6.07, 6.45) is 1.57. The van der Waals surface area contributed by atoms with E-state index in [2.05, 4.69) is 34.4 Å². The van der Waals surface area contributed by atoms with Crippen LogP contribution in [0.2, 0.25) is 0 Å². The predicted octanol–water partition coefficient (Wildman–Crippen LogP) is 4.59. The minimum Gasteiger partial charge on any atom is -0.457 e. The summed E-state index contributed by atoms with van der Waals surface area (Å²) in [6, 6.07) is 18.3. The quantitative estimate of drug-likeness (QED) is 0.643. The van der Waals surface area contributed by atoms with E-state index < -0.39 is 0 Å². The SMILES string of the molecule is CC(C)CNc1nccc(C(=O)Nc2ccc(Oc3ccccc3)cc2)n1. The van der Waals surface area contributed by atoms with Gasteiger partial charge in [-0.1, -0.05) is 32.0 Å². The van der Waals surface area contributed by atoms with Gasteiger partial charge in [-0.3, -0.25) is 4.79 Å². The average molecular weight is 362 g/mol. The van der Waals surface area contributed by atoms with Gasteiger partial charge in [0.25, 0.3) is 5.91 Å². The lowest BCUT2D eigenvalue weighted by atomic mass is 10.2. The number of aromatic nitrogens is 2. The van der Waals surface area contributed by atoms with Crippen LogP contribution < -0.4 is 15.4 Å². The van der Waals surface area contributed by atoms with Gasteiger partial charge in [0.05, 0.1) is 0 Å². The molecule has 0 saturated carbocycles. The first-order valence-electron chi connectivity index (χ1n) is 8.81. The second kappa shape index (κ2) is 8.80. The van der Waals surface area contributed by atoms with Gasteiger partial charge in [-0.15, -0.1) is 0 Å². The summed E-state index contributed by atoms with van der Waals surface area (Å²) in [5.74, 6) is 2.07. The molecular formula is C21H22N4O2. The van der Waals surface area contributed by atoms with Crippen LogP contribution in [0.4, 0.5) is 11.6 Å². The predicted molar refractivity (Wildman–Crippen MR) is 106 cm³/mol. The summed E-state index contributed by atoms with van der Waals surface area (Å²) in [4.78, 5) is 20.8. The number of nitrogens with one attached hydrogen (secondary N) is 2. The lowest BCUT2D eigenvalue weighted by Crippen LogP contribution is -2.16. The van der Waals surface area contributed by atoms with E-state index in [4.69, 9.17) is 4.74 Å². The van der Waals surface area contributed by atoms with Gasteiger partial charge in [-0.2, -0.15) is 0 Å². The topological polar surface area (TPSA) is 76.1 Å². The third-order valence-corrected chi connectivity index (χ3v) is 3.65. The summed E-state index contributed by atoms with van der Waals surface area (Å²) in [7, 11) is 0. The molecule has 3 rings (SSSR count). The van der Waals surface area contributed by atoms with Gasteiger partial charge in [-0.05, 0) is 48.4 Å². The van der Waals surface area contributed by atoms with E-state index in [9.17, 15) is 4.79 Å². The number of carbonyl (C=O) groups excluding carboxylic acids is 1. The molecule has 3 aromatic rings. The summed E-state index contributed by atoms with van der Waals surface area (Å²) in [5.41, 5.74) is 0.969. The number of nitrogens with zero attached hydrogens (tertiary/aromatic N) is 2. The monoisotopic (exact) mass is 362 g/mol. The molecule has 1 aromatic heterocycles. The van der Waals surface area contributed by atoms with Crippen molar-refractivity contribution >= 4 is 17.5 Å². The van der Waals surface area contributed by atoms with Crippen molar-refractivity contribution in [3.05, 3.63) is 72.6 Å². The van der Waals surface area contributed by atoms with Gasteiger partial charge in [0.15, 0.2) is 0 Å². The molecule has 0 radical (unpaired) electrons. The van der Waals surface area contributed by atoms with Gasteiger partial charge in [-0.25, -0.2) is 9.97 Å². The fraction of sp³-hybridized carbons (Fsp3) is 0.190. The van der Waals surface area contributed by atoms with Crippen molar-refractivity contribution in [2.45, 2.75) is 13.8 Å². The largest absolute Gasteiger partial charge is 0.457 e. The van der Waals surface area contributed by atoms with E-state index in [-0.39, 0.29) is 5.91 Å². The highest BCUT2D eigenvalue weighted by molar-refractivity contribution is 6.02. The molecule has 0 atom stereocenters. The van der Waals surface area contributed by atoms with E-state index in [1.165, 1.54) is 0 Å². The van der Waals surface area contributed by atoms with Crippen LogP contribution in [0.3, 0.4) is 0 Å². The number of hydrogen-bond donors (Lipinski definition) is 2. The summed E-state index contributed by atoms with van der Waals surface area (Å²) in [6.45, 7) is 4.93. The minimum atomic E-state index is -0.290. The van der Waals surface area contributed by atoms with Gasteiger partial charge in [0, 0.05) is 18.4 Å². The molecule has 6 heteroatoms. The van der Waals surface area contributed by atoms with E-state index in [0.717, 1.165) is 12.3 Å². The molecule has 0 bridgehead atoms. The van der Waals surface area contributed by atoms with Crippen LogP contribution in [0.5, 0.6) is 11.5 Å². The van der Waals surface area contributed by atoms with Crippen LogP contribution in [0.1, 0.15) is 24.3 Å². The van der Waals surface area contributed by atoms with Crippen molar-refractivity contribution in [3.8, 4) is 11.5 Å². The van der Waals surface area contributed by atoms with Crippen molar-refractivity contribution in [2.24, 2.45) is 5.92 Å². The van der Waals surface area contributed by atoms with Crippen LogP contribution in [0.15, 0.2) is 66.9 Å². The molecule has 6 nitrogen and oxygen atoms in total. The average Bonchev–Trinajstić information content (AvgIpc) is 2.69. The molecular weight excluding hydrogens is 340 g/mol. The Hall–Kier alpha value is -3.41. The number of hydrogen-bond acceptors (Lipinski definition) is 5. The number of carbonyl (C=O) groups is 1. The number of rotatable bonds is 7. The Kier molecular flexibility index (Phi) is 5.99. The maximum Gasteiger partial charge on any atom is 0.274 e. The molecule has 1 amide bonds. The molecule has 0 fully saturated rings. The lowest BCUT2D eigenvalue weighted by molar-refractivity contribution is 0.102. The first-order chi connectivity index (χ1) is 13.1. The molecule has 0 aliphatic carbocycles. The van der Waals surface area contributed by atoms with Crippen molar-refractivity contribution in [3.63, 3.8) is 0 Å². The highest BCUT2D eigenvalue weighted by atomic mass is 16.5. The van der Waals surface area contributed by atoms with Gasteiger partial charge < -0.3 is 15.4 Å². The van der Waals surface area contributed by atoms with Crippen molar-refractivity contribution in [1.82, 2.24) is 9.97 Å². The number of anilines is 2. The fourth-order valence-corrected chi connectivity index (χ4v) is 2.29. The Balaban J connectivity index is 1.61. The molecule has 0 aliphatic rings. The zero-order valence-electron chi connectivity index (χ0n) is 15.3. The molecule has 138 valence electrons. The first-order valence-corrected chi connectivity index (χ1v) is 8.81. The van der Waals surface area contributed by atoms with Gasteiger partial charge in [0.1, 0.15) is 17.2 Å². The maximum absolute atomic E-state index is 12.4. The molecule has 0 saturated heterocycles. The van der Waals surface area contributed by atoms with Gasteiger partial charge in [0.2, 0.25) is 5.95 Å². The number of ether oxygens (including phenoxy) is 1. The van der Waals surface area contributed by atoms with Crippen LogP contribution in [0.25, 0.3) is 0 Å². The molecule has 1 heterocycles. The smallest absolute Gasteiger partial charge is 0.274 e. The molecule has 27 heavy (non-hydrogen) atoms. The standard InChI is InChI=1S/C21H22N4O2/c1-15(2)14-23-21-22-13-12-19(25-21)20(26)24-16-8-10-18(11-9-16)27-17-6-4-3-5-7-17/h3-13,15H,14H2,1-2H3,(H,24,26)(H,22,23,25). The molecule has 0 aliphatic heterocycles. The molecule has 2 N–H and O–H groups in total. The van der Waals surface area contributed by atoms with Crippen molar-refractivity contribution < 1.29 is 9.53 Å². The van der Waals surface area contributed by atoms with Gasteiger partial charge >= 0.3 is 0 Å². The second-order valence-electron chi connectivity index (χ2n) is 6.43. The number of benzene rings is 2. The van der Waals surface area contributed by atoms with E-state index in [1.54, 1.807) is 36.5 Å². The third-order valence-electron chi connectivity index (χ3n) is 3.65. The summed E-state index contributed by atoms with van der Waals surface area (Å²) in [5, 5.41) is 5.94. The molecule has 0 unspecified atom stereocenters. The Labute approximate surface area is 158 Å². The van der Waals surface area contributed by atoms with Crippen LogP contribution in [0, 0.1) is 5.92 Å². The van der Waals surface area contributed by atoms with Crippen molar-refractivity contribution in [1.29, 1.82) is 0 Å². The van der Waals surface area contributed by atoms with E-state index in [0.29, 0.717) is 29.0 Å². The zero-order valence-corrected chi connectivity index (χ0v) is 15.3. The Morgan fingerprint density at radius 2 is 1.70 bits per heavy atom. The second-order valence-corrected chi connectivity index (χ2v) is 6.43. The van der Waals surface area contributed by atoms with Crippen LogP contribution >= 0.6 is 0 Å². The van der Waals surface area contributed by atoms with E-state index in [1.807, 2.05) is 30.3 Å². The minimum absolute atomic E-state index is 0.290. The molecule has 2 aromatic carbocycles. The number of para-hydroxylation sites is 1. The third kappa shape index (κ3) is 5.54. The lowest BCUT2D eigenvalue weighted by Gasteiger charge is -2.09. The zero-order chi connectivity index (χ0) is 19.1. The Morgan fingerprint density at radius 1 is 1.00 bits per heavy atom. The summed E-state index contributed by atoms with van der Waals surface area (Å²) >= 11 is 0. The van der Waals surface area contributed by atoms with Crippen molar-refractivity contribution in [2.75, 3.05) is 17.2 Å². The molecule has 0 spiro atoms. The maximum atomic E-state index is 12.4. The van der Waals surface area contributed by atoms with Crippen LogP contribution in [-0.4, -0.2) is 22.4 Å². The van der Waals surface area contributed by atoms with Crippen LogP contribution in [-0.2, 0) is 0 Å². The Morgan fingerprint density at radius 3 is 2.41 bits per heavy atom. The normalized spacial score (nSPS) is 10.5. The highest BCUT2D eigenvalue weighted by Gasteiger charge is 2.10. The number of amides is 1. The summed E-state index contributed by atoms with van der Waals surface area (Å²) < 4.78 is 5.74.